The molecule has 0 aromatic heterocycles. The molecule has 0 amide bonds. The van der Waals surface area contributed by atoms with E-state index in [1.54, 1.807) is 0 Å². The van der Waals surface area contributed by atoms with Crippen LogP contribution in [0.25, 0.3) is 0 Å². The van der Waals surface area contributed by atoms with Crippen molar-refractivity contribution in [2.24, 2.45) is 9.98 Å². The molecule has 3 aromatic carbocycles. The van der Waals surface area contributed by atoms with E-state index in [2.05, 4.69) is 41.9 Å². The Labute approximate surface area is 233 Å². The zero-order chi connectivity index (χ0) is 26.2. The highest BCUT2D eigenvalue weighted by atomic mass is 32.1. The molecule has 194 valence electrons. The van der Waals surface area contributed by atoms with Gasteiger partial charge in [-0.2, -0.15) is 0 Å². The fourth-order valence-electron chi connectivity index (χ4n) is 4.14. The van der Waals surface area contributed by atoms with Gasteiger partial charge in [0.1, 0.15) is 11.7 Å². The van der Waals surface area contributed by atoms with Crippen molar-refractivity contribution in [3.63, 3.8) is 0 Å². The van der Waals surface area contributed by atoms with E-state index in [0.29, 0.717) is 10.2 Å². The van der Waals surface area contributed by atoms with Crippen molar-refractivity contribution < 1.29 is 0 Å². The van der Waals surface area contributed by atoms with E-state index in [4.69, 9.17) is 24.4 Å². The molecule has 6 N–H and O–H groups in total. The molecule has 2 heterocycles. The Hall–Kier alpha value is -4.02. The van der Waals surface area contributed by atoms with Crippen molar-refractivity contribution in [2.45, 2.75) is 12.8 Å². The molecule has 8 nitrogen and oxygen atoms in total. The molecule has 2 aliphatic heterocycles. The minimum Gasteiger partial charge on any atom is -0.370 e. The van der Waals surface area contributed by atoms with Crippen LogP contribution in [0.3, 0.4) is 0 Å². The van der Waals surface area contributed by atoms with Crippen LogP contribution in [-0.4, -0.2) is 48.1 Å². The fraction of sp³-hybridized carbons (Fsp3) is 0.214. The normalized spacial score (nSPS) is 14.6. The molecule has 0 saturated carbocycles. The Bertz CT molecular complexity index is 1250. The van der Waals surface area contributed by atoms with E-state index < -0.39 is 0 Å². The second kappa shape index (κ2) is 12.5. The van der Waals surface area contributed by atoms with Crippen LogP contribution in [-0.2, 0) is 0 Å². The van der Waals surface area contributed by atoms with Gasteiger partial charge in [-0.1, -0.05) is 6.07 Å². The lowest BCUT2D eigenvalue weighted by Gasteiger charge is -2.16. The summed E-state index contributed by atoms with van der Waals surface area (Å²) in [6.45, 7) is 3.66. The van der Waals surface area contributed by atoms with Gasteiger partial charge in [-0.15, -0.1) is 0 Å². The Morgan fingerprint density at radius 3 is 1.39 bits per heavy atom. The maximum Gasteiger partial charge on any atom is 0.175 e. The first-order chi connectivity index (χ1) is 18.6. The quantitative estimate of drug-likeness (QED) is 0.248. The summed E-state index contributed by atoms with van der Waals surface area (Å²) in [4.78, 5) is 9.08. The molecule has 0 spiro atoms. The van der Waals surface area contributed by atoms with Crippen LogP contribution in [0.2, 0.25) is 0 Å². The van der Waals surface area contributed by atoms with Crippen molar-refractivity contribution in [1.29, 1.82) is 0 Å². The van der Waals surface area contributed by atoms with Gasteiger partial charge in [0.2, 0.25) is 0 Å². The van der Waals surface area contributed by atoms with E-state index in [1.165, 1.54) is 0 Å². The fourth-order valence-corrected chi connectivity index (χ4v) is 4.61. The number of benzene rings is 3. The molecular weight excluding hydrogens is 512 g/mol. The lowest BCUT2D eigenvalue weighted by molar-refractivity contribution is 0.742. The molecule has 3 aromatic rings. The summed E-state index contributed by atoms with van der Waals surface area (Å²) in [5.41, 5.74) is 5.64. The number of amidine groups is 2. The monoisotopic (exact) mass is 542 g/mol. The Balaban J connectivity index is 1.12. The van der Waals surface area contributed by atoms with Crippen molar-refractivity contribution in [3.05, 3.63) is 83.9 Å². The number of nitrogens with zero attached hydrogens (tertiary/aromatic N) is 2. The maximum atomic E-state index is 5.52. The first kappa shape index (κ1) is 25.6. The summed E-state index contributed by atoms with van der Waals surface area (Å²) < 4.78 is 0. The summed E-state index contributed by atoms with van der Waals surface area (Å²) in [6.07, 6.45) is 2.15. The zero-order valence-corrected chi connectivity index (χ0v) is 22.5. The van der Waals surface area contributed by atoms with Crippen molar-refractivity contribution >= 4 is 69.1 Å². The number of nitrogens with one attached hydrogen (secondary N) is 6. The van der Waals surface area contributed by atoms with E-state index >= 15 is 0 Å². The number of hydrogen-bond donors (Lipinski definition) is 6. The van der Waals surface area contributed by atoms with Gasteiger partial charge in [0.05, 0.1) is 0 Å². The predicted octanol–water partition coefficient (Wildman–Crippen LogP) is 4.78. The molecule has 0 aliphatic carbocycles. The van der Waals surface area contributed by atoms with Crippen LogP contribution >= 0.6 is 24.4 Å². The van der Waals surface area contributed by atoms with Crippen LogP contribution < -0.4 is 31.9 Å². The second-order valence-electron chi connectivity index (χ2n) is 8.92. The second-order valence-corrected chi connectivity index (χ2v) is 9.73. The summed E-state index contributed by atoms with van der Waals surface area (Å²) in [5.74, 6) is 1.90. The van der Waals surface area contributed by atoms with Crippen LogP contribution in [0.1, 0.15) is 24.0 Å². The van der Waals surface area contributed by atoms with Crippen molar-refractivity contribution in [3.8, 4) is 0 Å². The molecule has 38 heavy (non-hydrogen) atoms. The van der Waals surface area contributed by atoms with Crippen LogP contribution in [0.15, 0.2) is 82.8 Å². The molecule has 0 unspecified atom stereocenters. The van der Waals surface area contributed by atoms with Crippen LogP contribution in [0.5, 0.6) is 0 Å². The van der Waals surface area contributed by atoms with Gasteiger partial charge in [-0.3, -0.25) is 9.98 Å². The highest BCUT2D eigenvalue weighted by Crippen LogP contribution is 2.18. The summed E-state index contributed by atoms with van der Waals surface area (Å²) in [5, 5.41) is 20.6. The average molecular weight is 543 g/mol. The zero-order valence-electron chi connectivity index (χ0n) is 20.9. The smallest absolute Gasteiger partial charge is 0.175 e. The van der Waals surface area contributed by atoms with Crippen LogP contribution in [0, 0.1) is 0 Å². The Morgan fingerprint density at radius 1 is 0.579 bits per heavy atom. The van der Waals surface area contributed by atoms with E-state index in [1.807, 2.05) is 72.8 Å². The Kier molecular flexibility index (Phi) is 8.42. The number of anilines is 4. The Morgan fingerprint density at radius 2 is 1.00 bits per heavy atom. The summed E-state index contributed by atoms with van der Waals surface area (Å²) >= 11 is 11.0. The van der Waals surface area contributed by atoms with Crippen molar-refractivity contribution in [1.82, 2.24) is 10.6 Å². The van der Waals surface area contributed by atoms with Crippen molar-refractivity contribution in [2.75, 3.05) is 47.4 Å². The molecule has 5 rings (SSSR count). The topological polar surface area (TPSA) is 96.9 Å². The summed E-state index contributed by atoms with van der Waals surface area (Å²) in [6, 6.07) is 23.9. The van der Waals surface area contributed by atoms with E-state index in [9.17, 15) is 0 Å². The number of rotatable bonds is 6. The SMILES string of the molecule is S=C(Nc1ccc(C2=NCCCN2)cc1)Nc1cccc(NC(=S)Nc2ccc(C3=NCCCN3)cc2)c1. The van der Waals surface area contributed by atoms with E-state index in [0.717, 1.165) is 84.6 Å². The van der Waals surface area contributed by atoms with E-state index in [-0.39, 0.29) is 0 Å². The standard InChI is InChI=1S/C28H30N8S2/c37-27(33-21-10-6-19(7-11-21)25-29-14-2-15-30-25)35-23-4-1-5-24(18-23)36-28(38)34-22-12-8-20(9-13-22)26-31-16-3-17-32-26/h1,4-13,18H,2-3,14-17H2,(H,29,30)(H,31,32)(H2,33,35,37)(H2,34,36,38). The molecule has 10 heteroatoms. The summed E-state index contributed by atoms with van der Waals surface area (Å²) in [7, 11) is 0. The molecule has 0 radical (unpaired) electrons. The molecule has 2 aliphatic rings. The molecule has 0 fully saturated rings. The highest BCUT2D eigenvalue weighted by Gasteiger charge is 2.09. The lowest BCUT2D eigenvalue weighted by Crippen LogP contribution is -2.30. The minimum atomic E-state index is 0.501. The van der Waals surface area contributed by atoms with Gasteiger partial charge in [0.15, 0.2) is 10.2 Å². The van der Waals surface area contributed by atoms with Gasteiger partial charge in [0, 0.05) is 60.1 Å². The largest absolute Gasteiger partial charge is 0.370 e. The number of thiocarbonyl (C=S) groups is 2. The molecule has 0 atom stereocenters. The van der Waals surface area contributed by atoms with Crippen LogP contribution in [0.4, 0.5) is 22.7 Å². The van der Waals surface area contributed by atoms with Gasteiger partial charge < -0.3 is 31.9 Å². The maximum absolute atomic E-state index is 5.52. The first-order valence-electron chi connectivity index (χ1n) is 12.7. The van der Waals surface area contributed by atoms with Gasteiger partial charge in [0.25, 0.3) is 0 Å². The molecule has 0 bridgehead atoms. The number of aliphatic imine (C=N–C) groups is 2. The number of hydrogen-bond acceptors (Lipinski definition) is 6. The highest BCUT2D eigenvalue weighted by molar-refractivity contribution is 7.81. The third-order valence-electron chi connectivity index (χ3n) is 6.01. The first-order valence-corrected chi connectivity index (χ1v) is 13.5. The van der Waals surface area contributed by atoms with Gasteiger partial charge >= 0.3 is 0 Å². The van der Waals surface area contributed by atoms with Gasteiger partial charge in [-0.25, -0.2) is 0 Å². The molecular formula is C28H30N8S2. The third-order valence-corrected chi connectivity index (χ3v) is 6.41. The van der Waals surface area contributed by atoms with Gasteiger partial charge in [-0.05, 0) is 104 Å². The third kappa shape index (κ3) is 7.05. The minimum absolute atomic E-state index is 0.501. The molecule has 0 saturated heterocycles. The predicted molar refractivity (Wildman–Crippen MR) is 167 cm³/mol. The average Bonchev–Trinajstić information content (AvgIpc) is 2.95. The lowest BCUT2D eigenvalue weighted by atomic mass is 10.1.